The highest BCUT2D eigenvalue weighted by atomic mass is 16.3. The standard InChI is InChI=1S/C24H23NO2/c26-21-16-14-20(15-17-21)25-23(19-11-5-2-6-12-19)22(24(25)27)13-7-10-18-8-3-1-4-9-18/h1-6,8-9,11-12,14-17,22-23,26H,7,10,13H2/t22-,23-/m0/s1. The summed E-state index contributed by atoms with van der Waals surface area (Å²) in [6.45, 7) is 0. The number of hydrogen-bond donors (Lipinski definition) is 1. The Morgan fingerprint density at radius 2 is 1.44 bits per heavy atom. The predicted molar refractivity (Wildman–Crippen MR) is 108 cm³/mol. The van der Waals surface area contributed by atoms with Crippen LogP contribution in [0.5, 0.6) is 5.75 Å². The molecule has 1 N–H and O–H groups in total. The molecule has 136 valence electrons. The first-order valence-corrected chi connectivity index (χ1v) is 9.45. The fourth-order valence-electron chi connectivity index (χ4n) is 3.93. The molecule has 2 atom stereocenters. The highest BCUT2D eigenvalue weighted by molar-refractivity contribution is 6.03. The van der Waals surface area contributed by atoms with Crippen LogP contribution in [0.15, 0.2) is 84.9 Å². The highest BCUT2D eigenvalue weighted by Crippen LogP contribution is 2.45. The fourth-order valence-corrected chi connectivity index (χ4v) is 3.93. The van der Waals surface area contributed by atoms with E-state index >= 15 is 0 Å². The van der Waals surface area contributed by atoms with Crippen molar-refractivity contribution in [2.75, 3.05) is 4.90 Å². The van der Waals surface area contributed by atoms with Gasteiger partial charge in [-0.05, 0) is 54.7 Å². The topological polar surface area (TPSA) is 40.5 Å². The van der Waals surface area contributed by atoms with Crippen LogP contribution in [-0.4, -0.2) is 11.0 Å². The maximum absolute atomic E-state index is 12.9. The molecular weight excluding hydrogens is 334 g/mol. The first kappa shape index (κ1) is 17.3. The molecule has 1 amide bonds. The van der Waals surface area contributed by atoms with Crippen LogP contribution in [0.3, 0.4) is 0 Å². The van der Waals surface area contributed by atoms with Gasteiger partial charge in [0.15, 0.2) is 0 Å². The van der Waals surface area contributed by atoms with Crippen molar-refractivity contribution in [1.82, 2.24) is 0 Å². The second kappa shape index (κ2) is 7.67. The summed E-state index contributed by atoms with van der Waals surface area (Å²) in [4.78, 5) is 14.8. The van der Waals surface area contributed by atoms with Gasteiger partial charge in [0.05, 0.1) is 12.0 Å². The molecule has 27 heavy (non-hydrogen) atoms. The third-order valence-corrected chi connectivity index (χ3v) is 5.31. The Labute approximate surface area is 159 Å². The van der Waals surface area contributed by atoms with Gasteiger partial charge in [-0.2, -0.15) is 0 Å². The summed E-state index contributed by atoms with van der Waals surface area (Å²) in [5.74, 6) is 0.384. The number of aromatic hydroxyl groups is 1. The lowest BCUT2D eigenvalue weighted by Crippen LogP contribution is -2.55. The van der Waals surface area contributed by atoms with Crippen LogP contribution in [0.2, 0.25) is 0 Å². The van der Waals surface area contributed by atoms with Crippen LogP contribution in [0.25, 0.3) is 0 Å². The number of rotatable bonds is 6. The second-order valence-corrected chi connectivity index (χ2v) is 7.06. The van der Waals surface area contributed by atoms with E-state index in [1.807, 2.05) is 41.3 Å². The van der Waals surface area contributed by atoms with Crippen molar-refractivity contribution in [2.45, 2.75) is 25.3 Å². The Balaban J connectivity index is 1.52. The zero-order valence-electron chi connectivity index (χ0n) is 15.2. The minimum absolute atomic E-state index is 0.00455. The van der Waals surface area contributed by atoms with Crippen molar-refractivity contribution < 1.29 is 9.90 Å². The number of β-lactam (4-membered cyclic amide) rings is 1. The third kappa shape index (κ3) is 3.59. The molecule has 0 spiro atoms. The smallest absolute Gasteiger partial charge is 0.233 e. The molecule has 0 radical (unpaired) electrons. The monoisotopic (exact) mass is 357 g/mol. The Bertz CT molecular complexity index is 891. The number of benzene rings is 3. The van der Waals surface area contributed by atoms with Crippen LogP contribution >= 0.6 is 0 Å². The van der Waals surface area contributed by atoms with E-state index in [1.165, 1.54) is 5.56 Å². The van der Waals surface area contributed by atoms with Gasteiger partial charge in [-0.25, -0.2) is 0 Å². The SMILES string of the molecule is O=C1[C@@H](CCCc2ccccc2)[C@H](c2ccccc2)N1c1ccc(O)cc1. The number of hydrogen-bond acceptors (Lipinski definition) is 2. The molecule has 0 bridgehead atoms. The van der Waals surface area contributed by atoms with Gasteiger partial charge in [0.2, 0.25) is 5.91 Å². The molecule has 1 aliphatic rings. The van der Waals surface area contributed by atoms with Crippen molar-refractivity contribution >= 4 is 11.6 Å². The van der Waals surface area contributed by atoms with Crippen molar-refractivity contribution in [3.05, 3.63) is 96.1 Å². The number of amides is 1. The summed E-state index contributed by atoms with van der Waals surface area (Å²) >= 11 is 0. The van der Waals surface area contributed by atoms with E-state index in [-0.39, 0.29) is 23.6 Å². The van der Waals surface area contributed by atoms with Gasteiger partial charge in [-0.15, -0.1) is 0 Å². The van der Waals surface area contributed by atoms with Gasteiger partial charge < -0.3 is 10.0 Å². The van der Waals surface area contributed by atoms with E-state index in [4.69, 9.17) is 0 Å². The van der Waals surface area contributed by atoms with Crippen molar-refractivity contribution in [3.63, 3.8) is 0 Å². The largest absolute Gasteiger partial charge is 0.508 e. The molecule has 1 fully saturated rings. The molecule has 3 heteroatoms. The maximum Gasteiger partial charge on any atom is 0.233 e. The predicted octanol–water partition coefficient (Wildman–Crippen LogP) is 5.12. The number of nitrogens with zero attached hydrogens (tertiary/aromatic N) is 1. The fraction of sp³-hybridized carbons (Fsp3) is 0.208. The second-order valence-electron chi connectivity index (χ2n) is 7.06. The normalized spacial score (nSPS) is 19.0. The zero-order chi connectivity index (χ0) is 18.6. The molecule has 0 unspecified atom stereocenters. The summed E-state index contributed by atoms with van der Waals surface area (Å²) in [5, 5.41) is 9.55. The van der Waals surface area contributed by atoms with E-state index in [1.54, 1.807) is 12.1 Å². The van der Waals surface area contributed by atoms with Crippen molar-refractivity contribution in [2.24, 2.45) is 5.92 Å². The van der Waals surface area contributed by atoms with E-state index in [0.29, 0.717) is 0 Å². The maximum atomic E-state index is 12.9. The lowest BCUT2D eigenvalue weighted by Gasteiger charge is -2.47. The molecule has 1 heterocycles. The number of phenolic OH excluding ortho intramolecular Hbond substituents is 1. The quantitative estimate of drug-likeness (QED) is 0.622. The summed E-state index contributed by atoms with van der Waals surface area (Å²) in [6, 6.07) is 27.6. The first-order chi connectivity index (χ1) is 13.2. The minimum Gasteiger partial charge on any atom is -0.508 e. The van der Waals surface area contributed by atoms with Crippen molar-refractivity contribution in [3.8, 4) is 5.75 Å². The Kier molecular flexibility index (Phi) is 4.93. The zero-order valence-corrected chi connectivity index (χ0v) is 15.2. The molecule has 0 aliphatic carbocycles. The van der Waals surface area contributed by atoms with Gasteiger partial charge in [0, 0.05) is 5.69 Å². The van der Waals surface area contributed by atoms with E-state index < -0.39 is 0 Å². The number of carbonyl (C=O) groups is 1. The third-order valence-electron chi connectivity index (χ3n) is 5.31. The first-order valence-electron chi connectivity index (χ1n) is 9.45. The molecule has 1 saturated heterocycles. The minimum atomic E-state index is 0.00455. The van der Waals surface area contributed by atoms with Gasteiger partial charge in [-0.1, -0.05) is 60.7 Å². The van der Waals surface area contributed by atoms with Crippen LogP contribution < -0.4 is 4.90 Å². The number of carbonyl (C=O) groups excluding carboxylic acids is 1. The summed E-state index contributed by atoms with van der Waals surface area (Å²) < 4.78 is 0. The van der Waals surface area contributed by atoms with Gasteiger partial charge in [0.1, 0.15) is 5.75 Å². The van der Waals surface area contributed by atoms with E-state index in [0.717, 1.165) is 30.5 Å². The molecule has 4 rings (SSSR count). The molecule has 0 saturated carbocycles. The lowest BCUT2D eigenvalue weighted by atomic mass is 9.78. The number of anilines is 1. The molecule has 1 aliphatic heterocycles. The lowest BCUT2D eigenvalue weighted by molar-refractivity contribution is -0.130. The summed E-state index contributed by atoms with van der Waals surface area (Å²) in [7, 11) is 0. The van der Waals surface area contributed by atoms with Gasteiger partial charge in [-0.3, -0.25) is 4.79 Å². The molecule has 3 nitrogen and oxygen atoms in total. The molecule has 3 aromatic carbocycles. The van der Waals surface area contributed by atoms with Crippen LogP contribution in [0.1, 0.15) is 30.0 Å². The van der Waals surface area contributed by atoms with E-state index in [9.17, 15) is 9.90 Å². The number of phenols is 1. The Morgan fingerprint density at radius 3 is 2.11 bits per heavy atom. The van der Waals surface area contributed by atoms with Crippen molar-refractivity contribution in [1.29, 1.82) is 0 Å². The molecular formula is C24H23NO2. The Morgan fingerprint density at radius 1 is 0.815 bits per heavy atom. The average molecular weight is 357 g/mol. The Hall–Kier alpha value is -3.07. The van der Waals surface area contributed by atoms with Gasteiger partial charge in [0.25, 0.3) is 0 Å². The van der Waals surface area contributed by atoms with E-state index in [2.05, 4.69) is 36.4 Å². The summed E-state index contributed by atoms with van der Waals surface area (Å²) in [6.07, 6.45) is 2.86. The average Bonchev–Trinajstić information content (AvgIpc) is 2.72. The summed E-state index contributed by atoms with van der Waals surface area (Å²) in [5.41, 5.74) is 3.32. The molecule has 3 aromatic rings. The van der Waals surface area contributed by atoms with Crippen LogP contribution in [-0.2, 0) is 11.2 Å². The highest BCUT2D eigenvalue weighted by Gasteiger charge is 2.48. The van der Waals surface area contributed by atoms with Crippen LogP contribution in [0.4, 0.5) is 5.69 Å². The van der Waals surface area contributed by atoms with Crippen LogP contribution in [0, 0.1) is 5.92 Å². The number of aryl methyl sites for hydroxylation is 1. The molecule has 0 aromatic heterocycles. The van der Waals surface area contributed by atoms with Gasteiger partial charge >= 0.3 is 0 Å².